The number of hydrogen-bond donors (Lipinski definition) is 0. The summed E-state index contributed by atoms with van der Waals surface area (Å²) in [4.78, 5) is 9.96. The van der Waals surface area contributed by atoms with Crippen molar-refractivity contribution in [1.82, 2.24) is 14.4 Å². The van der Waals surface area contributed by atoms with Gasteiger partial charge in [-0.3, -0.25) is 0 Å². The van der Waals surface area contributed by atoms with Gasteiger partial charge in [-0.05, 0) is 0 Å². The number of hydrogen-bond acceptors (Lipinski definition) is 2. The Kier molecular flexibility index (Phi) is 5.12. The summed E-state index contributed by atoms with van der Waals surface area (Å²) < 4.78 is 2.30. The fraction of sp³-hybridized carbons (Fsp3) is 0. The second-order valence-corrected chi connectivity index (χ2v) is 16.1. The Morgan fingerprint density at radius 3 is 2.13 bits per heavy atom. The van der Waals surface area contributed by atoms with Crippen LogP contribution in [0.4, 0.5) is 0 Å². The van der Waals surface area contributed by atoms with Crippen molar-refractivity contribution in [3.63, 3.8) is 0 Å². The van der Waals surface area contributed by atoms with Crippen molar-refractivity contribution in [3.05, 3.63) is 134 Å². The third-order valence-electron chi connectivity index (χ3n) is 7.66. The van der Waals surface area contributed by atoms with Crippen molar-refractivity contribution in [1.29, 1.82) is 0 Å². The van der Waals surface area contributed by atoms with E-state index in [1.165, 1.54) is 32.2 Å². The van der Waals surface area contributed by atoms with E-state index in [9.17, 15) is 0 Å². The molecule has 0 spiro atoms. The van der Waals surface area contributed by atoms with Crippen molar-refractivity contribution >= 4 is 85.8 Å². The Bertz CT molecular complexity index is 2270. The monoisotopic (exact) mass is 583 g/mol. The average Bonchev–Trinajstić information content (AvgIpc) is 3.41. The minimum absolute atomic E-state index is 0.993. The molecule has 0 saturated carbocycles. The normalized spacial score (nSPS) is 13.4. The summed E-state index contributed by atoms with van der Waals surface area (Å²) in [5.74, 6) is 0. The van der Waals surface area contributed by atoms with Gasteiger partial charge in [-0.2, -0.15) is 0 Å². The van der Waals surface area contributed by atoms with Gasteiger partial charge in [0.25, 0.3) is 0 Å². The van der Waals surface area contributed by atoms with Crippen LogP contribution >= 0.6 is 5.51 Å². The molecule has 3 nitrogen and oxygen atoms in total. The molecule has 5 aromatic carbocycles. The summed E-state index contributed by atoms with van der Waals surface area (Å²) in [5.41, 5.74) is 3.20. The van der Waals surface area contributed by atoms with Crippen LogP contribution in [-0.2, 0) is 0 Å². The molecular weight excluding hydrogens is 560 g/mol. The molecule has 0 saturated heterocycles. The van der Waals surface area contributed by atoms with Crippen LogP contribution in [0.1, 0.15) is 0 Å². The SMILES string of the molecule is [Se]=P(c1ccccc1)(c1cnc2ccccc2c1)c1ccc2c(c1)c1ccccc1n1c3ccccc3nc21. The van der Waals surface area contributed by atoms with Gasteiger partial charge in [-0.15, -0.1) is 0 Å². The van der Waals surface area contributed by atoms with Gasteiger partial charge in [-0.1, -0.05) is 0 Å². The molecule has 0 radical (unpaired) electrons. The van der Waals surface area contributed by atoms with Crippen molar-refractivity contribution in [2.75, 3.05) is 0 Å². The molecule has 0 aliphatic rings. The van der Waals surface area contributed by atoms with Gasteiger partial charge >= 0.3 is 234 Å². The standard InChI is InChI=1S/C34H22N3PSe/c39-38(24-11-2-1-3-12-24,26-20-23-10-4-6-14-30(23)35-22-26)25-18-19-28-29(21-25)27-13-5-8-16-32(27)37-33-17-9-7-15-31(33)36-34(28)37/h1-22H. The van der Waals surface area contributed by atoms with E-state index >= 15 is 0 Å². The summed E-state index contributed by atoms with van der Waals surface area (Å²) in [6, 6.07) is 45.5. The van der Waals surface area contributed by atoms with E-state index in [1.807, 2.05) is 6.07 Å². The molecule has 1 atom stereocenters. The molecule has 184 valence electrons. The van der Waals surface area contributed by atoms with Crippen LogP contribution in [0.2, 0.25) is 0 Å². The molecule has 0 fully saturated rings. The average molecular weight is 583 g/mol. The molecule has 5 heteroatoms. The molecule has 8 aromatic rings. The van der Waals surface area contributed by atoms with Gasteiger partial charge in [0.2, 0.25) is 0 Å². The molecule has 39 heavy (non-hydrogen) atoms. The summed E-state index contributed by atoms with van der Waals surface area (Å²) >= 11 is 3.73. The van der Waals surface area contributed by atoms with Gasteiger partial charge in [0.1, 0.15) is 0 Å². The second kappa shape index (κ2) is 8.73. The molecule has 3 heterocycles. The van der Waals surface area contributed by atoms with Crippen molar-refractivity contribution in [2.45, 2.75) is 0 Å². The van der Waals surface area contributed by atoms with E-state index in [0.29, 0.717) is 0 Å². The fourth-order valence-corrected chi connectivity index (χ4v) is 10.5. The van der Waals surface area contributed by atoms with E-state index < -0.39 is 5.51 Å². The van der Waals surface area contributed by atoms with Gasteiger partial charge in [0.15, 0.2) is 0 Å². The number of imidazole rings is 1. The van der Waals surface area contributed by atoms with Crippen LogP contribution in [-0.4, -0.2) is 29.5 Å². The molecule has 3 aromatic heterocycles. The molecule has 0 bridgehead atoms. The Hall–Kier alpha value is -4.07. The molecule has 0 aliphatic carbocycles. The number of para-hydroxylation sites is 4. The zero-order valence-corrected chi connectivity index (χ0v) is 23.5. The van der Waals surface area contributed by atoms with Crippen LogP contribution in [0.25, 0.3) is 49.3 Å². The van der Waals surface area contributed by atoms with Crippen LogP contribution in [0.5, 0.6) is 0 Å². The minimum atomic E-state index is -2.12. The second-order valence-electron chi connectivity index (χ2n) is 9.84. The first-order valence-electron chi connectivity index (χ1n) is 13.0. The number of aromatic nitrogens is 3. The topological polar surface area (TPSA) is 30.2 Å². The fourth-order valence-electron chi connectivity index (χ4n) is 5.81. The number of pyridine rings is 2. The van der Waals surface area contributed by atoms with Crippen LogP contribution in [0, 0.1) is 0 Å². The van der Waals surface area contributed by atoms with Crippen LogP contribution in [0.3, 0.4) is 0 Å². The predicted molar refractivity (Wildman–Crippen MR) is 167 cm³/mol. The third kappa shape index (κ3) is 3.40. The molecule has 1 unspecified atom stereocenters. The number of rotatable bonds is 3. The van der Waals surface area contributed by atoms with Crippen molar-refractivity contribution < 1.29 is 0 Å². The number of benzene rings is 5. The van der Waals surface area contributed by atoms with Crippen molar-refractivity contribution in [2.24, 2.45) is 0 Å². The third-order valence-corrected chi connectivity index (χ3v) is 14.6. The first-order chi connectivity index (χ1) is 19.2. The quantitative estimate of drug-likeness (QED) is 0.132. The van der Waals surface area contributed by atoms with Gasteiger partial charge in [-0.25, -0.2) is 0 Å². The van der Waals surface area contributed by atoms with E-state index in [4.69, 9.17) is 9.97 Å². The Morgan fingerprint density at radius 1 is 0.538 bits per heavy atom. The van der Waals surface area contributed by atoms with E-state index in [1.54, 1.807) is 0 Å². The summed E-state index contributed by atoms with van der Waals surface area (Å²) in [6.45, 7) is 0. The molecule has 0 aliphatic heterocycles. The van der Waals surface area contributed by atoms with E-state index in [0.717, 1.165) is 33.0 Å². The molecule has 8 rings (SSSR count). The Labute approximate surface area is 233 Å². The van der Waals surface area contributed by atoms with E-state index in [-0.39, 0.29) is 0 Å². The zero-order chi connectivity index (χ0) is 26.0. The molecular formula is C34H22N3PSe. The van der Waals surface area contributed by atoms with Crippen molar-refractivity contribution in [3.8, 4) is 0 Å². The van der Waals surface area contributed by atoms with Crippen LogP contribution in [0.15, 0.2) is 134 Å². The predicted octanol–water partition coefficient (Wildman–Crippen LogP) is 6.72. The zero-order valence-electron chi connectivity index (χ0n) is 20.9. The summed E-state index contributed by atoms with van der Waals surface area (Å²) in [6.07, 6.45) is 2.06. The van der Waals surface area contributed by atoms with Crippen LogP contribution < -0.4 is 15.9 Å². The van der Waals surface area contributed by atoms with Gasteiger partial charge in [0, 0.05) is 0 Å². The molecule has 0 amide bonds. The maximum atomic E-state index is 5.09. The number of fused-ring (bicyclic) bond motifs is 9. The number of nitrogens with zero attached hydrogens (tertiary/aromatic N) is 3. The first-order valence-corrected chi connectivity index (χ1v) is 17.0. The maximum absolute atomic E-state index is 5.09. The first kappa shape index (κ1) is 22.9. The van der Waals surface area contributed by atoms with Gasteiger partial charge < -0.3 is 0 Å². The molecule has 0 N–H and O–H groups in total. The Morgan fingerprint density at radius 2 is 1.26 bits per heavy atom. The van der Waals surface area contributed by atoms with Gasteiger partial charge in [0.05, 0.1) is 0 Å². The van der Waals surface area contributed by atoms with E-state index in [2.05, 4.69) is 147 Å². The Balaban J connectivity index is 1.48. The summed E-state index contributed by atoms with van der Waals surface area (Å²) in [5, 5.41) is 8.55. The summed E-state index contributed by atoms with van der Waals surface area (Å²) in [7, 11) is 0.